The fraction of sp³-hybridized carbons (Fsp3) is 0.500. The molecule has 1 fully saturated rings. The summed E-state index contributed by atoms with van der Waals surface area (Å²) in [5.74, 6) is 1.60. The van der Waals surface area contributed by atoms with Gasteiger partial charge in [-0.3, -0.25) is 4.79 Å². The highest BCUT2D eigenvalue weighted by molar-refractivity contribution is 5.78. The highest BCUT2D eigenvalue weighted by atomic mass is 16.5. The number of benzene rings is 1. The Morgan fingerprint density at radius 2 is 2.16 bits per heavy atom. The predicted molar refractivity (Wildman–Crippen MR) is 72.3 cm³/mol. The zero-order valence-corrected chi connectivity index (χ0v) is 11.4. The lowest BCUT2D eigenvalue weighted by atomic mass is 10.1. The lowest BCUT2D eigenvalue weighted by Crippen LogP contribution is -2.33. The number of hydrogen-bond donors (Lipinski definition) is 1. The van der Waals surface area contributed by atoms with Crippen LogP contribution in [0.25, 0.3) is 0 Å². The number of carbonyl (C=O) groups excluding carboxylic acids is 1. The number of nitrogens with two attached hydrogens (primary N) is 1. The van der Waals surface area contributed by atoms with Gasteiger partial charge in [-0.05, 0) is 12.5 Å². The van der Waals surface area contributed by atoms with Gasteiger partial charge in [0.2, 0.25) is 5.91 Å². The molecule has 2 rings (SSSR count). The highest BCUT2D eigenvalue weighted by Crippen LogP contribution is 2.29. The van der Waals surface area contributed by atoms with Crippen molar-refractivity contribution in [3.8, 4) is 11.5 Å². The Bertz CT molecular complexity index is 462. The molecule has 1 amide bonds. The Labute approximate surface area is 113 Å². The van der Waals surface area contributed by atoms with Crippen molar-refractivity contribution in [2.75, 3.05) is 27.3 Å². The number of hydrogen-bond acceptors (Lipinski definition) is 4. The fourth-order valence-electron chi connectivity index (χ4n) is 2.36. The summed E-state index contributed by atoms with van der Waals surface area (Å²) in [6, 6.07) is 5.30. The van der Waals surface area contributed by atoms with Crippen LogP contribution in [0.3, 0.4) is 0 Å². The summed E-state index contributed by atoms with van der Waals surface area (Å²) in [5.41, 5.74) is 7.08. The second-order valence-electron chi connectivity index (χ2n) is 4.66. The topological polar surface area (TPSA) is 64.8 Å². The van der Waals surface area contributed by atoms with Crippen LogP contribution in [0.4, 0.5) is 0 Å². The molecule has 1 aliphatic rings. The number of ether oxygens (including phenoxy) is 2. The second kappa shape index (κ2) is 5.93. The van der Waals surface area contributed by atoms with Crippen molar-refractivity contribution in [1.29, 1.82) is 0 Å². The average Bonchev–Trinajstić information content (AvgIpc) is 2.83. The monoisotopic (exact) mass is 264 g/mol. The fourth-order valence-corrected chi connectivity index (χ4v) is 2.36. The minimum atomic E-state index is -0.247. The van der Waals surface area contributed by atoms with E-state index in [1.807, 2.05) is 17.0 Å². The molecule has 0 aromatic heterocycles. The van der Waals surface area contributed by atoms with Crippen molar-refractivity contribution in [3.05, 3.63) is 23.8 Å². The van der Waals surface area contributed by atoms with E-state index in [1.165, 1.54) is 0 Å². The summed E-state index contributed by atoms with van der Waals surface area (Å²) in [6.07, 6.45) is 1.55. The molecule has 19 heavy (non-hydrogen) atoms. The molecule has 1 aromatic rings. The Kier molecular flexibility index (Phi) is 4.27. The van der Waals surface area contributed by atoms with Crippen LogP contribution in [0.15, 0.2) is 18.2 Å². The van der Waals surface area contributed by atoms with E-state index in [-0.39, 0.29) is 11.9 Å². The number of rotatable bonds is 5. The molecule has 0 radical (unpaired) electrons. The molecule has 1 aromatic carbocycles. The Balaban J connectivity index is 2.13. The molecule has 0 bridgehead atoms. The van der Waals surface area contributed by atoms with Crippen LogP contribution in [0, 0.1) is 0 Å². The summed E-state index contributed by atoms with van der Waals surface area (Å²) >= 11 is 0. The summed E-state index contributed by atoms with van der Waals surface area (Å²) in [7, 11) is 3.21. The van der Waals surface area contributed by atoms with Crippen molar-refractivity contribution in [1.82, 2.24) is 4.90 Å². The molecular formula is C14H20N2O3. The van der Waals surface area contributed by atoms with Crippen LogP contribution in [0.1, 0.15) is 24.4 Å². The SMILES string of the molecule is COc1ccc(C(N)CN2CCCC2=O)c(OC)c1. The molecule has 104 valence electrons. The summed E-state index contributed by atoms with van der Waals surface area (Å²) in [5, 5.41) is 0. The standard InChI is InChI=1S/C14H20N2O3/c1-18-10-5-6-11(13(8-10)19-2)12(15)9-16-7-3-4-14(16)17/h5-6,8,12H,3-4,7,9,15H2,1-2H3. The highest BCUT2D eigenvalue weighted by Gasteiger charge is 2.23. The largest absolute Gasteiger partial charge is 0.497 e. The summed E-state index contributed by atoms with van der Waals surface area (Å²) in [4.78, 5) is 13.4. The number of methoxy groups -OCH3 is 2. The lowest BCUT2D eigenvalue weighted by Gasteiger charge is -2.22. The maximum Gasteiger partial charge on any atom is 0.222 e. The second-order valence-corrected chi connectivity index (χ2v) is 4.66. The van der Waals surface area contributed by atoms with E-state index in [0.29, 0.717) is 18.7 Å². The predicted octanol–water partition coefficient (Wildman–Crippen LogP) is 1.33. The molecule has 1 aliphatic heterocycles. The van der Waals surface area contributed by atoms with Gasteiger partial charge in [0.1, 0.15) is 11.5 Å². The van der Waals surface area contributed by atoms with E-state index in [2.05, 4.69) is 0 Å². The van der Waals surface area contributed by atoms with E-state index in [4.69, 9.17) is 15.2 Å². The van der Waals surface area contributed by atoms with Crippen molar-refractivity contribution in [2.24, 2.45) is 5.73 Å². The van der Waals surface area contributed by atoms with Gasteiger partial charge in [0.15, 0.2) is 0 Å². The van der Waals surface area contributed by atoms with Crippen LogP contribution in [-0.2, 0) is 4.79 Å². The molecule has 5 heteroatoms. The third-order valence-electron chi connectivity index (χ3n) is 3.43. The molecule has 1 heterocycles. The smallest absolute Gasteiger partial charge is 0.222 e. The van der Waals surface area contributed by atoms with Gasteiger partial charge in [0, 0.05) is 31.1 Å². The molecule has 1 unspecified atom stereocenters. The molecule has 5 nitrogen and oxygen atoms in total. The van der Waals surface area contributed by atoms with Gasteiger partial charge in [-0.2, -0.15) is 0 Å². The van der Waals surface area contributed by atoms with E-state index in [1.54, 1.807) is 20.3 Å². The van der Waals surface area contributed by atoms with E-state index in [0.717, 1.165) is 24.3 Å². The first kappa shape index (κ1) is 13.7. The third-order valence-corrected chi connectivity index (χ3v) is 3.43. The van der Waals surface area contributed by atoms with Gasteiger partial charge >= 0.3 is 0 Å². The van der Waals surface area contributed by atoms with Crippen molar-refractivity contribution in [3.63, 3.8) is 0 Å². The minimum Gasteiger partial charge on any atom is -0.497 e. The number of carbonyl (C=O) groups is 1. The quantitative estimate of drug-likeness (QED) is 0.871. The van der Waals surface area contributed by atoms with Crippen LogP contribution < -0.4 is 15.2 Å². The Morgan fingerprint density at radius 1 is 1.37 bits per heavy atom. The molecular weight excluding hydrogens is 244 g/mol. The van der Waals surface area contributed by atoms with Gasteiger partial charge in [-0.25, -0.2) is 0 Å². The van der Waals surface area contributed by atoms with Gasteiger partial charge in [-0.1, -0.05) is 6.07 Å². The van der Waals surface area contributed by atoms with Crippen molar-refractivity contribution >= 4 is 5.91 Å². The first-order chi connectivity index (χ1) is 9.15. The van der Waals surface area contributed by atoms with Gasteiger partial charge in [0.05, 0.1) is 20.3 Å². The molecule has 2 N–H and O–H groups in total. The van der Waals surface area contributed by atoms with Gasteiger partial charge in [0.25, 0.3) is 0 Å². The van der Waals surface area contributed by atoms with Crippen molar-refractivity contribution in [2.45, 2.75) is 18.9 Å². The maximum atomic E-state index is 11.6. The van der Waals surface area contributed by atoms with E-state index < -0.39 is 0 Å². The van der Waals surface area contributed by atoms with Crippen molar-refractivity contribution < 1.29 is 14.3 Å². The first-order valence-electron chi connectivity index (χ1n) is 6.41. The zero-order valence-electron chi connectivity index (χ0n) is 11.4. The minimum absolute atomic E-state index is 0.183. The number of likely N-dealkylation sites (tertiary alicyclic amines) is 1. The Hall–Kier alpha value is -1.75. The van der Waals surface area contributed by atoms with Gasteiger partial charge < -0.3 is 20.1 Å². The van der Waals surface area contributed by atoms with Crippen LogP contribution in [0.5, 0.6) is 11.5 Å². The summed E-state index contributed by atoms with van der Waals surface area (Å²) < 4.78 is 10.5. The van der Waals surface area contributed by atoms with E-state index >= 15 is 0 Å². The first-order valence-corrected chi connectivity index (χ1v) is 6.41. The Morgan fingerprint density at radius 3 is 2.74 bits per heavy atom. The molecule has 0 aliphatic carbocycles. The zero-order chi connectivity index (χ0) is 13.8. The molecule has 1 saturated heterocycles. The third kappa shape index (κ3) is 2.98. The van der Waals surface area contributed by atoms with E-state index in [9.17, 15) is 4.79 Å². The maximum absolute atomic E-state index is 11.6. The van der Waals surface area contributed by atoms with Crippen LogP contribution >= 0.6 is 0 Å². The number of amides is 1. The molecule has 0 spiro atoms. The lowest BCUT2D eigenvalue weighted by molar-refractivity contribution is -0.127. The normalized spacial score (nSPS) is 16.6. The van der Waals surface area contributed by atoms with Crippen LogP contribution in [0.2, 0.25) is 0 Å². The molecule has 1 atom stereocenters. The number of nitrogens with zero attached hydrogens (tertiary/aromatic N) is 1. The van der Waals surface area contributed by atoms with Gasteiger partial charge in [-0.15, -0.1) is 0 Å². The van der Waals surface area contributed by atoms with Crippen LogP contribution in [-0.4, -0.2) is 38.1 Å². The summed E-state index contributed by atoms with van der Waals surface area (Å²) in [6.45, 7) is 1.33. The molecule has 0 saturated carbocycles. The average molecular weight is 264 g/mol.